The van der Waals surface area contributed by atoms with Gasteiger partial charge in [0.05, 0.1) is 0 Å². The largest absolute Gasteiger partial charge is 0.490 e. The van der Waals surface area contributed by atoms with Gasteiger partial charge in [0, 0.05) is 12.8 Å². The van der Waals surface area contributed by atoms with Crippen LogP contribution in [0.1, 0.15) is 31.7 Å². The number of carbonyl (C=O) groups excluding carboxylic acids is 1. The van der Waals surface area contributed by atoms with Gasteiger partial charge in [-0.05, 0) is 30.5 Å². The van der Waals surface area contributed by atoms with Gasteiger partial charge in [-0.3, -0.25) is 4.79 Å². The fourth-order valence-electron chi connectivity index (χ4n) is 1.91. The average molecular weight is 204 g/mol. The van der Waals surface area contributed by atoms with Crippen LogP contribution in [0.2, 0.25) is 0 Å². The summed E-state index contributed by atoms with van der Waals surface area (Å²) < 4.78 is 5.77. The maximum Gasteiger partial charge on any atom is 0.136 e. The molecular formula is C13H16O2. The first-order valence-corrected chi connectivity index (χ1v) is 5.55. The summed E-state index contributed by atoms with van der Waals surface area (Å²) in [6.45, 7) is 2.12. The number of hydrogen-bond acceptors (Lipinski definition) is 2. The van der Waals surface area contributed by atoms with Crippen LogP contribution in [0.5, 0.6) is 5.75 Å². The summed E-state index contributed by atoms with van der Waals surface area (Å²) in [6.07, 6.45) is 3.24. The van der Waals surface area contributed by atoms with E-state index in [2.05, 4.69) is 19.1 Å². The number of rotatable bonds is 3. The molecule has 0 amide bonds. The Morgan fingerprint density at radius 2 is 2.33 bits per heavy atom. The Hall–Kier alpha value is -1.31. The van der Waals surface area contributed by atoms with E-state index >= 15 is 0 Å². The highest BCUT2D eigenvalue weighted by molar-refractivity contribution is 5.81. The molecule has 0 aliphatic heterocycles. The highest BCUT2D eigenvalue weighted by atomic mass is 16.5. The van der Waals surface area contributed by atoms with Crippen LogP contribution in [-0.2, 0) is 11.2 Å². The van der Waals surface area contributed by atoms with Gasteiger partial charge in [0.2, 0.25) is 0 Å². The van der Waals surface area contributed by atoms with Crippen molar-refractivity contribution >= 4 is 5.78 Å². The lowest BCUT2D eigenvalue weighted by Gasteiger charge is -2.12. The van der Waals surface area contributed by atoms with Gasteiger partial charge in [-0.1, -0.05) is 19.1 Å². The molecule has 0 bridgehead atoms. The fraction of sp³-hybridized carbons (Fsp3) is 0.462. The van der Waals surface area contributed by atoms with Gasteiger partial charge in [0.15, 0.2) is 0 Å². The van der Waals surface area contributed by atoms with Crippen LogP contribution in [0.3, 0.4) is 0 Å². The Morgan fingerprint density at radius 1 is 1.47 bits per heavy atom. The van der Waals surface area contributed by atoms with Gasteiger partial charge in [-0.15, -0.1) is 0 Å². The van der Waals surface area contributed by atoms with Crippen molar-refractivity contribution < 1.29 is 9.53 Å². The van der Waals surface area contributed by atoms with Gasteiger partial charge in [-0.2, -0.15) is 0 Å². The van der Waals surface area contributed by atoms with E-state index in [0.29, 0.717) is 18.6 Å². The van der Waals surface area contributed by atoms with Crippen LogP contribution in [0, 0.1) is 0 Å². The third-order valence-corrected chi connectivity index (χ3v) is 2.81. The number of benzene rings is 1. The first kappa shape index (κ1) is 10.2. The van der Waals surface area contributed by atoms with Crippen molar-refractivity contribution in [3.05, 3.63) is 29.8 Å². The number of carbonyl (C=O) groups is 1. The molecule has 15 heavy (non-hydrogen) atoms. The molecule has 80 valence electrons. The van der Waals surface area contributed by atoms with E-state index in [0.717, 1.165) is 18.6 Å². The van der Waals surface area contributed by atoms with Crippen molar-refractivity contribution in [2.24, 2.45) is 0 Å². The predicted molar refractivity (Wildman–Crippen MR) is 59.1 cm³/mol. The molecule has 1 fully saturated rings. The SMILES string of the molecule is CCc1cccc(OC2CCC(=O)C2)c1. The summed E-state index contributed by atoms with van der Waals surface area (Å²) in [5.74, 6) is 1.22. The van der Waals surface area contributed by atoms with E-state index in [1.807, 2.05) is 12.1 Å². The van der Waals surface area contributed by atoms with Gasteiger partial charge in [0.25, 0.3) is 0 Å². The highest BCUT2D eigenvalue weighted by Crippen LogP contribution is 2.22. The molecule has 2 heteroatoms. The molecule has 0 aromatic heterocycles. The number of hydrogen-bond donors (Lipinski definition) is 0. The van der Waals surface area contributed by atoms with Crippen LogP contribution in [0.25, 0.3) is 0 Å². The van der Waals surface area contributed by atoms with E-state index in [-0.39, 0.29) is 6.10 Å². The first-order chi connectivity index (χ1) is 7.28. The van der Waals surface area contributed by atoms with E-state index in [1.54, 1.807) is 0 Å². The lowest BCUT2D eigenvalue weighted by Crippen LogP contribution is -2.12. The molecule has 1 unspecified atom stereocenters. The number of aryl methyl sites for hydroxylation is 1. The molecule has 1 saturated carbocycles. The van der Waals surface area contributed by atoms with Gasteiger partial charge in [-0.25, -0.2) is 0 Å². The van der Waals surface area contributed by atoms with Crippen LogP contribution in [0.4, 0.5) is 0 Å². The topological polar surface area (TPSA) is 26.3 Å². The minimum atomic E-state index is 0.101. The fourth-order valence-corrected chi connectivity index (χ4v) is 1.91. The van der Waals surface area contributed by atoms with Crippen LogP contribution >= 0.6 is 0 Å². The van der Waals surface area contributed by atoms with Crippen molar-refractivity contribution in [2.75, 3.05) is 0 Å². The quantitative estimate of drug-likeness (QED) is 0.756. The van der Waals surface area contributed by atoms with E-state index in [1.165, 1.54) is 5.56 Å². The standard InChI is InChI=1S/C13H16O2/c1-2-10-4-3-5-12(8-10)15-13-7-6-11(14)9-13/h3-5,8,13H,2,6-7,9H2,1H3. The van der Waals surface area contributed by atoms with E-state index < -0.39 is 0 Å². The number of ketones is 1. The number of ether oxygens (including phenoxy) is 1. The lowest BCUT2D eigenvalue weighted by molar-refractivity contribution is -0.117. The zero-order chi connectivity index (χ0) is 10.7. The smallest absolute Gasteiger partial charge is 0.136 e. The van der Waals surface area contributed by atoms with Crippen LogP contribution < -0.4 is 4.74 Å². The molecule has 1 aliphatic carbocycles. The molecular weight excluding hydrogens is 188 g/mol. The zero-order valence-corrected chi connectivity index (χ0v) is 9.03. The van der Waals surface area contributed by atoms with Crippen molar-refractivity contribution in [1.29, 1.82) is 0 Å². The molecule has 1 aromatic rings. The van der Waals surface area contributed by atoms with Crippen LogP contribution in [0.15, 0.2) is 24.3 Å². The predicted octanol–water partition coefficient (Wildman–Crippen LogP) is 2.75. The molecule has 2 nitrogen and oxygen atoms in total. The first-order valence-electron chi connectivity index (χ1n) is 5.55. The van der Waals surface area contributed by atoms with Crippen LogP contribution in [-0.4, -0.2) is 11.9 Å². The summed E-state index contributed by atoms with van der Waals surface area (Å²) in [4.78, 5) is 11.1. The Labute approximate surface area is 90.3 Å². The average Bonchev–Trinajstić information content (AvgIpc) is 2.64. The maximum atomic E-state index is 11.1. The Bertz CT molecular complexity index is 357. The van der Waals surface area contributed by atoms with Gasteiger partial charge in [0.1, 0.15) is 17.6 Å². The summed E-state index contributed by atoms with van der Waals surface area (Å²) in [5, 5.41) is 0. The second-order valence-corrected chi connectivity index (χ2v) is 4.02. The molecule has 0 spiro atoms. The Balaban J connectivity index is 2.01. The highest BCUT2D eigenvalue weighted by Gasteiger charge is 2.23. The molecule has 2 rings (SSSR count). The normalized spacial score (nSPS) is 20.6. The maximum absolute atomic E-state index is 11.1. The molecule has 1 atom stereocenters. The second kappa shape index (κ2) is 4.47. The molecule has 0 radical (unpaired) electrons. The molecule has 1 aliphatic rings. The van der Waals surface area contributed by atoms with E-state index in [4.69, 9.17) is 4.74 Å². The summed E-state index contributed by atoms with van der Waals surface area (Å²) in [6, 6.07) is 8.11. The van der Waals surface area contributed by atoms with Gasteiger partial charge < -0.3 is 4.74 Å². The monoisotopic (exact) mass is 204 g/mol. The summed E-state index contributed by atoms with van der Waals surface area (Å²) in [7, 11) is 0. The van der Waals surface area contributed by atoms with Crippen molar-refractivity contribution in [3.8, 4) is 5.75 Å². The van der Waals surface area contributed by atoms with Crippen molar-refractivity contribution in [2.45, 2.75) is 38.7 Å². The van der Waals surface area contributed by atoms with Crippen molar-refractivity contribution in [3.63, 3.8) is 0 Å². The third-order valence-electron chi connectivity index (χ3n) is 2.81. The van der Waals surface area contributed by atoms with Gasteiger partial charge >= 0.3 is 0 Å². The minimum absolute atomic E-state index is 0.101. The Kier molecular flexibility index (Phi) is 3.05. The zero-order valence-electron chi connectivity index (χ0n) is 9.03. The molecule has 0 N–H and O–H groups in total. The molecule has 0 saturated heterocycles. The summed E-state index contributed by atoms with van der Waals surface area (Å²) in [5.41, 5.74) is 1.27. The minimum Gasteiger partial charge on any atom is -0.490 e. The van der Waals surface area contributed by atoms with E-state index in [9.17, 15) is 4.79 Å². The second-order valence-electron chi connectivity index (χ2n) is 4.02. The molecule has 1 aromatic carbocycles. The number of Topliss-reactive ketones (excluding diaryl/α,β-unsaturated/α-hetero) is 1. The molecule has 0 heterocycles. The Morgan fingerprint density at radius 3 is 3.00 bits per heavy atom. The third kappa shape index (κ3) is 2.58. The lowest BCUT2D eigenvalue weighted by atomic mass is 10.1. The summed E-state index contributed by atoms with van der Waals surface area (Å²) >= 11 is 0. The van der Waals surface area contributed by atoms with Crippen molar-refractivity contribution in [1.82, 2.24) is 0 Å².